The molecule has 2 rings (SSSR count). The Hall–Kier alpha value is -1.10. The Morgan fingerprint density at radius 1 is 1.29 bits per heavy atom. The van der Waals surface area contributed by atoms with E-state index in [0.29, 0.717) is 17.9 Å². The molecule has 14 heavy (non-hydrogen) atoms. The molecule has 0 aliphatic heterocycles. The van der Waals surface area contributed by atoms with E-state index in [0.717, 1.165) is 25.7 Å². The zero-order chi connectivity index (χ0) is 9.97. The standard InChI is InChI=1S/C9H15N3O2/c1-6-11-12-9(14-6)10-7-2-4-8(13)5-3-7/h7-8,13H,2-5H2,1H3,(H,10,12). The average Bonchev–Trinajstić information content (AvgIpc) is 2.56. The van der Waals surface area contributed by atoms with E-state index in [4.69, 9.17) is 4.42 Å². The summed E-state index contributed by atoms with van der Waals surface area (Å²) < 4.78 is 5.22. The summed E-state index contributed by atoms with van der Waals surface area (Å²) in [5.74, 6) is 0.573. The van der Waals surface area contributed by atoms with E-state index >= 15 is 0 Å². The van der Waals surface area contributed by atoms with Gasteiger partial charge in [0.1, 0.15) is 0 Å². The molecule has 5 heteroatoms. The number of aliphatic hydroxyl groups excluding tert-OH is 1. The van der Waals surface area contributed by atoms with Gasteiger partial charge in [0.05, 0.1) is 6.10 Å². The van der Waals surface area contributed by atoms with Crippen LogP contribution in [-0.4, -0.2) is 27.4 Å². The van der Waals surface area contributed by atoms with E-state index in [1.807, 2.05) is 0 Å². The smallest absolute Gasteiger partial charge is 0.315 e. The third-order valence-corrected chi connectivity index (χ3v) is 2.55. The quantitative estimate of drug-likeness (QED) is 0.742. The van der Waals surface area contributed by atoms with Crippen LogP contribution in [0.25, 0.3) is 0 Å². The van der Waals surface area contributed by atoms with Crippen LogP contribution < -0.4 is 5.32 Å². The highest BCUT2D eigenvalue weighted by atomic mass is 16.4. The number of nitrogens with zero attached hydrogens (tertiary/aromatic N) is 2. The van der Waals surface area contributed by atoms with Crippen molar-refractivity contribution in [3.05, 3.63) is 5.89 Å². The molecule has 1 aliphatic rings. The molecule has 0 spiro atoms. The third-order valence-electron chi connectivity index (χ3n) is 2.55. The first-order valence-electron chi connectivity index (χ1n) is 4.99. The number of nitrogens with one attached hydrogen (secondary N) is 1. The van der Waals surface area contributed by atoms with Crippen molar-refractivity contribution >= 4 is 6.01 Å². The zero-order valence-electron chi connectivity index (χ0n) is 8.23. The Labute approximate surface area is 82.5 Å². The van der Waals surface area contributed by atoms with Crippen molar-refractivity contribution < 1.29 is 9.52 Å². The molecule has 0 aromatic carbocycles. The highest BCUT2D eigenvalue weighted by molar-refractivity contribution is 5.19. The van der Waals surface area contributed by atoms with Gasteiger partial charge in [-0.3, -0.25) is 0 Å². The summed E-state index contributed by atoms with van der Waals surface area (Å²) >= 11 is 0. The maximum atomic E-state index is 9.32. The molecule has 0 atom stereocenters. The maximum absolute atomic E-state index is 9.32. The number of aryl methyl sites for hydroxylation is 1. The van der Waals surface area contributed by atoms with Crippen LogP contribution in [0.4, 0.5) is 6.01 Å². The summed E-state index contributed by atoms with van der Waals surface area (Å²) in [6.45, 7) is 1.77. The molecular formula is C9H15N3O2. The molecule has 5 nitrogen and oxygen atoms in total. The lowest BCUT2D eigenvalue weighted by atomic mass is 9.93. The van der Waals surface area contributed by atoms with Gasteiger partial charge in [-0.25, -0.2) is 0 Å². The number of rotatable bonds is 2. The molecule has 0 unspecified atom stereocenters. The van der Waals surface area contributed by atoms with Crippen molar-refractivity contribution in [2.75, 3.05) is 5.32 Å². The molecular weight excluding hydrogens is 182 g/mol. The van der Waals surface area contributed by atoms with Gasteiger partial charge >= 0.3 is 6.01 Å². The predicted octanol–water partition coefficient (Wildman–Crippen LogP) is 1.09. The molecule has 0 radical (unpaired) electrons. The number of anilines is 1. The monoisotopic (exact) mass is 197 g/mol. The van der Waals surface area contributed by atoms with Gasteiger partial charge in [-0.1, -0.05) is 5.10 Å². The number of aromatic nitrogens is 2. The third kappa shape index (κ3) is 2.23. The van der Waals surface area contributed by atoms with Crippen LogP contribution in [0.3, 0.4) is 0 Å². The number of hydrogen-bond donors (Lipinski definition) is 2. The van der Waals surface area contributed by atoms with Gasteiger partial charge in [0.2, 0.25) is 5.89 Å². The first kappa shape index (κ1) is 9.45. The van der Waals surface area contributed by atoms with Gasteiger partial charge in [0, 0.05) is 13.0 Å². The van der Waals surface area contributed by atoms with Gasteiger partial charge in [0.15, 0.2) is 0 Å². The lowest BCUT2D eigenvalue weighted by molar-refractivity contribution is 0.125. The fraction of sp³-hybridized carbons (Fsp3) is 0.778. The van der Waals surface area contributed by atoms with Gasteiger partial charge in [-0.2, -0.15) is 0 Å². The Morgan fingerprint density at radius 3 is 2.57 bits per heavy atom. The van der Waals surface area contributed by atoms with E-state index in [1.165, 1.54) is 0 Å². The Balaban J connectivity index is 1.86. The van der Waals surface area contributed by atoms with E-state index in [1.54, 1.807) is 6.92 Å². The molecule has 1 fully saturated rings. The second-order valence-electron chi connectivity index (χ2n) is 3.78. The van der Waals surface area contributed by atoms with Crippen LogP contribution in [0, 0.1) is 6.92 Å². The van der Waals surface area contributed by atoms with Crippen LogP contribution in [0.2, 0.25) is 0 Å². The van der Waals surface area contributed by atoms with Crippen LogP contribution in [0.1, 0.15) is 31.6 Å². The van der Waals surface area contributed by atoms with Gasteiger partial charge in [0.25, 0.3) is 0 Å². The van der Waals surface area contributed by atoms with Crippen LogP contribution in [0.15, 0.2) is 4.42 Å². The lowest BCUT2D eigenvalue weighted by Gasteiger charge is -2.25. The molecule has 78 valence electrons. The summed E-state index contributed by atoms with van der Waals surface area (Å²) in [7, 11) is 0. The minimum Gasteiger partial charge on any atom is -0.408 e. The van der Waals surface area contributed by atoms with Crippen molar-refractivity contribution in [3.8, 4) is 0 Å². The van der Waals surface area contributed by atoms with E-state index in [9.17, 15) is 5.11 Å². The summed E-state index contributed by atoms with van der Waals surface area (Å²) in [4.78, 5) is 0. The number of hydrogen-bond acceptors (Lipinski definition) is 5. The second kappa shape index (κ2) is 3.96. The van der Waals surface area contributed by atoms with Gasteiger partial charge in [-0.15, -0.1) is 5.10 Å². The van der Waals surface area contributed by atoms with Crippen LogP contribution in [-0.2, 0) is 0 Å². The molecule has 1 aromatic heterocycles. The van der Waals surface area contributed by atoms with Crippen molar-refractivity contribution in [2.24, 2.45) is 0 Å². The molecule has 1 saturated carbocycles. The lowest BCUT2D eigenvalue weighted by Crippen LogP contribution is -2.28. The molecule has 1 aliphatic carbocycles. The first-order valence-corrected chi connectivity index (χ1v) is 4.99. The first-order chi connectivity index (χ1) is 6.74. The molecule has 1 heterocycles. The zero-order valence-corrected chi connectivity index (χ0v) is 8.23. The largest absolute Gasteiger partial charge is 0.408 e. The Bertz CT molecular complexity index is 292. The molecule has 0 bridgehead atoms. The normalized spacial score (nSPS) is 27.6. The molecule has 0 saturated heterocycles. The predicted molar refractivity (Wildman–Crippen MR) is 50.9 cm³/mol. The fourth-order valence-electron chi connectivity index (χ4n) is 1.75. The van der Waals surface area contributed by atoms with E-state index in [2.05, 4.69) is 15.5 Å². The molecule has 1 aromatic rings. The van der Waals surface area contributed by atoms with Crippen LogP contribution >= 0.6 is 0 Å². The van der Waals surface area contributed by atoms with Gasteiger partial charge in [-0.05, 0) is 25.7 Å². The minimum atomic E-state index is -0.127. The van der Waals surface area contributed by atoms with Crippen molar-refractivity contribution in [3.63, 3.8) is 0 Å². The fourth-order valence-corrected chi connectivity index (χ4v) is 1.75. The average molecular weight is 197 g/mol. The summed E-state index contributed by atoms with van der Waals surface area (Å²) in [5.41, 5.74) is 0. The second-order valence-corrected chi connectivity index (χ2v) is 3.78. The molecule has 2 N–H and O–H groups in total. The van der Waals surface area contributed by atoms with Crippen molar-refractivity contribution in [2.45, 2.75) is 44.8 Å². The van der Waals surface area contributed by atoms with Crippen molar-refractivity contribution in [1.29, 1.82) is 0 Å². The Kier molecular flexibility index (Phi) is 2.67. The SMILES string of the molecule is Cc1nnc(NC2CCC(O)CC2)o1. The summed E-state index contributed by atoms with van der Waals surface area (Å²) in [6, 6.07) is 0.849. The topological polar surface area (TPSA) is 71.2 Å². The maximum Gasteiger partial charge on any atom is 0.315 e. The van der Waals surface area contributed by atoms with E-state index in [-0.39, 0.29) is 6.10 Å². The number of aliphatic hydroxyl groups is 1. The van der Waals surface area contributed by atoms with Gasteiger partial charge < -0.3 is 14.8 Å². The summed E-state index contributed by atoms with van der Waals surface area (Å²) in [5, 5.41) is 20.1. The van der Waals surface area contributed by atoms with Crippen molar-refractivity contribution in [1.82, 2.24) is 10.2 Å². The summed E-state index contributed by atoms with van der Waals surface area (Å²) in [6.07, 6.45) is 3.50. The Morgan fingerprint density at radius 2 is 2.00 bits per heavy atom. The van der Waals surface area contributed by atoms with Crippen LogP contribution in [0.5, 0.6) is 0 Å². The van der Waals surface area contributed by atoms with E-state index < -0.39 is 0 Å². The highest BCUT2D eigenvalue weighted by Gasteiger charge is 2.20. The minimum absolute atomic E-state index is 0.127. The highest BCUT2D eigenvalue weighted by Crippen LogP contribution is 2.21. The molecule has 0 amide bonds.